The highest BCUT2D eigenvalue weighted by atomic mass is 35.5. The molecule has 1 saturated heterocycles. The van der Waals surface area contributed by atoms with Crippen LogP contribution in [0.25, 0.3) is 6.08 Å². The monoisotopic (exact) mass is 355 g/mol. The quantitative estimate of drug-likeness (QED) is 0.847. The molecule has 5 nitrogen and oxygen atoms in total. The first-order valence-electron chi connectivity index (χ1n) is 7.46. The number of carbonyl (C=O) groups excluding carboxylic acids is 2. The van der Waals surface area contributed by atoms with Gasteiger partial charge in [0.1, 0.15) is 0 Å². The Labute approximate surface area is 145 Å². The Balaban J connectivity index is 1.88. The summed E-state index contributed by atoms with van der Waals surface area (Å²) >= 11 is 11.8. The van der Waals surface area contributed by atoms with Gasteiger partial charge >= 0.3 is 6.03 Å². The van der Waals surface area contributed by atoms with E-state index in [1.807, 2.05) is 6.92 Å². The smallest absolute Gasteiger partial charge is 0.317 e. The fourth-order valence-electron chi connectivity index (χ4n) is 2.28. The van der Waals surface area contributed by atoms with Crippen molar-refractivity contribution in [3.8, 4) is 0 Å². The predicted octanol–water partition coefficient (Wildman–Crippen LogP) is 2.88. The van der Waals surface area contributed by atoms with E-state index in [2.05, 4.69) is 5.32 Å². The number of rotatable bonds is 3. The normalized spacial score (nSPS) is 15.1. The minimum atomic E-state index is -0.0778. The molecule has 0 aromatic heterocycles. The fourth-order valence-corrected chi connectivity index (χ4v) is 2.59. The SMILES string of the molecule is CCNC(=O)N1CCN(C(=O)/C=C/c2ccc(Cl)c(Cl)c2)CC1. The lowest BCUT2D eigenvalue weighted by molar-refractivity contribution is -0.127. The Hall–Kier alpha value is -1.72. The number of halogens is 2. The van der Waals surface area contributed by atoms with Gasteiger partial charge in [0, 0.05) is 38.8 Å². The zero-order chi connectivity index (χ0) is 16.8. The topological polar surface area (TPSA) is 52.7 Å². The summed E-state index contributed by atoms with van der Waals surface area (Å²) in [6.45, 7) is 4.62. The number of urea groups is 1. The van der Waals surface area contributed by atoms with Crippen LogP contribution in [0.5, 0.6) is 0 Å². The van der Waals surface area contributed by atoms with Crippen molar-refractivity contribution in [1.82, 2.24) is 15.1 Å². The maximum absolute atomic E-state index is 12.2. The van der Waals surface area contributed by atoms with E-state index in [1.165, 1.54) is 6.08 Å². The van der Waals surface area contributed by atoms with Gasteiger partial charge in [-0.1, -0.05) is 29.3 Å². The number of benzene rings is 1. The molecule has 0 bridgehead atoms. The van der Waals surface area contributed by atoms with E-state index in [-0.39, 0.29) is 11.9 Å². The Morgan fingerprint density at radius 2 is 1.78 bits per heavy atom. The molecular weight excluding hydrogens is 337 g/mol. The highest BCUT2D eigenvalue weighted by Gasteiger charge is 2.22. The largest absolute Gasteiger partial charge is 0.338 e. The average Bonchev–Trinajstić information content (AvgIpc) is 2.56. The Morgan fingerprint density at radius 3 is 2.39 bits per heavy atom. The minimum absolute atomic E-state index is 0.0772. The third-order valence-electron chi connectivity index (χ3n) is 3.57. The molecule has 2 rings (SSSR count). The summed E-state index contributed by atoms with van der Waals surface area (Å²) in [7, 11) is 0. The Bertz CT molecular complexity index is 611. The zero-order valence-electron chi connectivity index (χ0n) is 12.9. The van der Waals surface area contributed by atoms with Crippen molar-refractivity contribution < 1.29 is 9.59 Å². The third-order valence-corrected chi connectivity index (χ3v) is 4.31. The number of hydrogen-bond donors (Lipinski definition) is 1. The van der Waals surface area contributed by atoms with E-state index in [0.29, 0.717) is 42.8 Å². The molecule has 0 saturated carbocycles. The number of hydrogen-bond acceptors (Lipinski definition) is 2. The van der Waals surface area contributed by atoms with Gasteiger partial charge in [-0.05, 0) is 30.7 Å². The minimum Gasteiger partial charge on any atom is -0.338 e. The lowest BCUT2D eigenvalue weighted by Gasteiger charge is -2.34. The van der Waals surface area contributed by atoms with E-state index in [0.717, 1.165) is 5.56 Å². The summed E-state index contributed by atoms with van der Waals surface area (Å²) in [5.41, 5.74) is 0.814. The maximum Gasteiger partial charge on any atom is 0.317 e. The predicted molar refractivity (Wildman–Crippen MR) is 92.7 cm³/mol. The number of amides is 3. The second-order valence-corrected chi connectivity index (χ2v) is 5.97. The van der Waals surface area contributed by atoms with Crippen molar-refractivity contribution >= 4 is 41.2 Å². The highest BCUT2D eigenvalue weighted by Crippen LogP contribution is 2.23. The van der Waals surface area contributed by atoms with Crippen molar-refractivity contribution in [3.05, 3.63) is 39.9 Å². The second-order valence-electron chi connectivity index (χ2n) is 5.15. The third kappa shape index (κ3) is 4.88. The van der Waals surface area contributed by atoms with Gasteiger partial charge in [0.15, 0.2) is 0 Å². The maximum atomic E-state index is 12.2. The molecule has 23 heavy (non-hydrogen) atoms. The van der Waals surface area contributed by atoms with Crippen molar-refractivity contribution in [3.63, 3.8) is 0 Å². The Morgan fingerprint density at radius 1 is 1.13 bits per heavy atom. The highest BCUT2D eigenvalue weighted by molar-refractivity contribution is 6.42. The van der Waals surface area contributed by atoms with E-state index >= 15 is 0 Å². The van der Waals surface area contributed by atoms with Crippen LogP contribution in [-0.4, -0.2) is 54.5 Å². The van der Waals surface area contributed by atoms with Crippen LogP contribution in [0.3, 0.4) is 0 Å². The molecule has 0 unspecified atom stereocenters. The van der Waals surface area contributed by atoms with Gasteiger partial charge in [0.2, 0.25) is 5.91 Å². The van der Waals surface area contributed by atoms with E-state index in [9.17, 15) is 9.59 Å². The molecule has 1 aromatic rings. The summed E-state index contributed by atoms with van der Waals surface area (Å²) in [5.74, 6) is -0.0772. The first kappa shape index (κ1) is 17.6. The molecule has 1 aliphatic rings. The van der Waals surface area contributed by atoms with Crippen molar-refractivity contribution in [1.29, 1.82) is 0 Å². The summed E-state index contributed by atoms with van der Waals surface area (Å²) in [4.78, 5) is 27.3. The van der Waals surface area contributed by atoms with Crippen LogP contribution in [0.2, 0.25) is 10.0 Å². The zero-order valence-corrected chi connectivity index (χ0v) is 14.4. The number of carbonyl (C=O) groups is 2. The van der Waals surface area contributed by atoms with Crippen molar-refractivity contribution in [2.45, 2.75) is 6.92 Å². The van der Waals surface area contributed by atoms with Gasteiger partial charge in [-0.15, -0.1) is 0 Å². The van der Waals surface area contributed by atoms with Gasteiger partial charge in [-0.3, -0.25) is 4.79 Å². The summed E-state index contributed by atoms with van der Waals surface area (Å²) < 4.78 is 0. The van der Waals surface area contributed by atoms with Crippen LogP contribution < -0.4 is 5.32 Å². The van der Waals surface area contributed by atoms with Gasteiger partial charge < -0.3 is 15.1 Å². The van der Waals surface area contributed by atoms with Gasteiger partial charge in [-0.2, -0.15) is 0 Å². The summed E-state index contributed by atoms with van der Waals surface area (Å²) in [6.07, 6.45) is 3.22. The molecule has 0 atom stereocenters. The lowest BCUT2D eigenvalue weighted by atomic mass is 10.2. The van der Waals surface area contributed by atoms with Gasteiger partial charge in [0.25, 0.3) is 0 Å². The fraction of sp³-hybridized carbons (Fsp3) is 0.375. The lowest BCUT2D eigenvalue weighted by Crippen LogP contribution is -2.52. The molecule has 7 heteroatoms. The van der Waals surface area contributed by atoms with Crippen LogP contribution in [0.1, 0.15) is 12.5 Å². The van der Waals surface area contributed by atoms with E-state index < -0.39 is 0 Å². The summed E-state index contributed by atoms with van der Waals surface area (Å²) in [5, 5.41) is 3.70. The number of nitrogens with one attached hydrogen (secondary N) is 1. The molecule has 1 N–H and O–H groups in total. The molecule has 1 aliphatic heterocycles. The van der Waals surface area contributed by atoms with Crippen LogP contribution in [0, 0.1) is 0 Å². The van der Waals surface area contributed by atoms with Crippen molar-refractivity contribution in [2.24, 2.45) is 0 Å². The Kier molecular flexibility index (Phi) is 6.30. The number of piperazine rings is 1. The van der Waals surface area contributed by atoms with Gasteiger partial charge in [-0.25, -0.2) is 4.79 Å². The molecule has 1 heterocycles. The standard InChI is InChI=1S/C16H19Cl2N3O2/c1-2-19-16(23)21-9-7-20(8-10-21)15(22)6-4-12-3-5-13(17)14(18)11-12/h3-6,11H,2,7-10H2,1H3,(H,19,23)/b6-4+. The molecule has 1 fully saturated rings. The van der Waals surface area contributed by atoms with Crippen LogP contribution in [0.15, 0.2) is 24.3 Å². The molecule has 0 radical (unpaired) electrons. The summed E-state index contributed by atoms with van der Waals surface area (Å²) in [6, 6.07) is 5.12. The number of nitrogens with zero attached hydrogens (tertiary/aromatic N) is 2. The van der Waals surface area contributed by atoms with E-state index in [1.54, 1.807) is 34.1 Å². The van der Waals surface area contributed by atoms with Gasteiger partial charge in [0.05, 0.1) is 10.0 Å². The molecule has 124 valence electrons. The van der Waals surface area contributed by atoms with E-state index in [4.69, 9.17) is 23.2 Å². The first-order chi connectivity index (χ1) is 11.0. The molecular formula is C16H19Cl2N3O2. The molecule has 0 spiro atoms. The van der Waals surface area contributed by atoms with Crippen LogP contribution in [-0.2, 0) is 4.79 Å². The van der Waals surface area contributed by atoms with Crippen LogP contribution in [0.4, 0.5) is 4.79 Å². The molecule has 3 amide bonds. The molecule has 1 aromatic carbocycles. The van der Waals surface area contributed by atoms with Crippen LogP contribution >= 0.6 is 23.2 Å². The van der Waals surface area contributed by atoms with Crippen molar-refractivity contribution in [2.75, 3.05) is 32.7 Å². The average molecular weight is 356 g/mol. The first-order valence-corrected chi connectivity index (χ1v) is 8.21. The molecule has 0 aliphatic carbocycles. The second kappa shape index (κ2) is 8.22.